The predicted molar refractivity (Wildman–Crippen MR) is 62.4 cm³/mol. The Kier molecular flexibility index (Phi) is 2.83. The second-order valence-corrected chi connectivity index (χ2v) is 4.76. The molecule has 0 N–H and O–H groups in total. The van der Waals surface area contributed by atoms with Gasteiger partial charge in [-0.05, 0) is 37.6 Å². The molecule has 0 spiro atoms. The van der Waals surface area contributed by atoms with Gasteiger partial charge in [0.25, 0.3) is 0 Å². The number of hydrogen-bond donors (Lipinski definition) is 0. The molecule has 1 aromatic carbocycles. The van der Waals surface area contributed by atoms with E-state index in [2.05, 4.69) is 4.98 Å². The van der Waals surface area contributed by atoms with Crippen molar-refractivity contribution in [3.05, 3.63) is 39.5 Å². The van der Waals surface area contributed by atoms with E-state index in [1.165, 1.54) is 17.4 Å². The number of aromatic nitrogens is 1. The highest BCUT2D eigenvalue weighted by Gasteiger charge is 2.11. The van der Waals surface area contributed by atoms with Gasteiger partial charge in [-0.15, -0.1) is 11.3 Å². The van der Waals surface area contributed by atoms with Crippen molar-refractivity contribution in [2.24, 2.45) is 0 Å². The van der Waals surface area contributed by atoms with E-state index in [0.717, 1.165) is 16.9 Å². The normalized spacial score (nSPS) is 10.4. The van der Waals surface area contributed by atoms with Crippen LogP contribution in [0.2, 0.25) is 0 Å². The van der Waals surface area contributed by atoms with Gasteiger partial charge >= 0.3 is 0 Å². The third-order valence-electron chi connectivity index (χ3n) is 2.30. The Bertz CT molecular complexity index is 548. The van der Waals surface area contributed by atoms with Crippen molar-refractivity contribution < 1.29 is 9.18 Å². The lowest BCUT2D eigenvalue weighted by atomic mass is 10.1. The molecule has 0 radical (unpaired) electrons. The zero-order valence-corrected chi connectivity index (χ0v) is 9.77. The van der Waals surface area contributed by atoms with Crippen LogP contribution in [-0.4, -0.2) is 11.3 Å². The van der Waals surface area contributed by atoms with Crippen molar-refractivity contribution in [3.63, 3.8) is 0 Å². The van der Waals surface area contributed by atoms with Crippen LogP contribution in [-0.2, 0) is 0 Å². The molecule has 0 aliphatic heterocycles. The number of nitrogens with zero attached hydrogens (tertiary/aromatic N) is 1. The van der Waals surface area contributed by atoms with E-state index in [-0.39, 0.29) is 5.82 Å². The lowest BCUT2D eigenvalue weighted by Gasteiger charge is -2.01. The standard InChI is InChI=1S/C12H10FNOS/c1-7-5-9(3-4-10(7)13)12-11(6-15)16-8(2)14-12/h3-6H,1-2H3. The molecule has 2 rings (SSSR count). The SMILES string of the molecule is Cc1nc(-c2ccc(F)c(C)c2)c(C=O)s1. The molecule has 16 heavy (non-hydrogen) atoms. The van der Waals surface area contributed by atoms with Gasteiger partial charge in [-0.2, -0.15) is 0 Å². The van der Waals surface area contributed by atoms with Crippen molar-refractivity contribution >= 4 is 17.6 Å². The summed E-state index contributed by atoms with van der Waals surface area (Å²) in [5, 5.41) is 0.832. The summed E-state index contributed by atoms with van der Waals surface area (Å²) >= 11 is 1.35. The average molecular weight is 235 g/mol. The molecule has 2 nitrogen and oxygen atoms in total. The van der Waals surface area contributed by atoms with E-state index in [4.69, 9.17) is 0 Å². The number of rotatable bonds is 2. The first-order valence-corrected chi connectivity index (χ1v) is 5.62. The molecule has 0 saturated heterocycles. The quantitative estimate of drug-likeness (QED) is 0.747. The van der Waals surface area contributed by atoms with E-state index in [1.54, 1.807) is 19.1 Å². The molecule has 4 heteroatoms. The van der Waals surface area contributed by atoms with Gasteiger partial charge < -0.3 is 0 Å². The average Bonchev–Trinajstić information content (AvgIpc) is 2.63. The first-order chi connectivity index (χ1) is 7.61. The minimum absolute atomic E-state index is 0.247. The molecule has 1 heterocycles. The molecule has 0 saturated carbocycles. The molecule has 2 aromatic rings. The summed E-state index contributed by atoms with van der Waals surface area (Å²) in [6.45, 7) is 3.54. The Hall–Kier alpha value is -1.55. The second-order valence-electron chi connectivity index (χ2n) is 3.53. The van der Waals surface area contributed by atoms with E-state index >= 15 is 0 Å². The Balaban J connectivity index is 2.57. The summed E-state index contributed by atoms with van der Waals surface area (Å²) in [5.74, 6) is -0.247. The number of aldehydes is 1. The van der Waals surface area contributed by atoms with Crippen molar-refractivity contribution in [3.8, 4) is 11.3 Å². The molecule has 0 unspecified atom stereocenters. The van der Waals surface area contributed by atoms with Gasteiger partial charge in [-0.25, -0.2) is 9.37 Å². The fourth-order valence-electron chi connectivity index (χ4n) is 1.52. The molecule has 0 atom stereocenters. The monoisotopic (exact) mass is 235 g/mol. The van der Waals surface area contributed by atoms with Crippen LogP contribution in [0.25, 0.3) is 11.3 Å². The number of carbonyl (C=O) groups is 1. The first kappa shape index (κ1) is 11.0. The summed E-state index contributed by atoms with van der Waals surface area (Å²) in [6, 6.07) is 4.74. The second kappa shape index (κ2) is 4.14. The van der Waals surface area contributed by atoms with Crippen molar-refractivity contribution in [1.29, 1.82) is 0 Å². The minimum atomic E-state index is -0.247. The van der Waals surface area contributed by atoms with Crippen LogP contribution >= 0.6 is 11.3 Å². The minimum Gasteiger partial charge on any atom is -0.297 e. The maximum absolute atomic E-state index is 13.1. The van der Waals surface area contributed by atoms with E-state index in [9.17, 15) is 9.18 Å². The predicted octanol–water partition coefficient (Wildman–Crippen LogP) is 3.38. The maximum Gasteiger partial charge on any atom is 0.162 e. The molecular formula is C12H10FNOS. The van der Waals surface area contributed by atoms with Gasteiger partial charge in [-0.1, -0.05) is 0 Å². The Morgan fingerprint density at radius 3 is 2.75 bits per heavy atom. The third kappa shape index (κ3) is 1.88. The summed E-state index contributed by atoms with van der Waals surface area (Å²) in [4.78, 5) is 15.7. The van der Waals surface area contributed by atoms with Gasteiger partial charge in [0.2, 0.25) is 0 Å². The van der Waals surface area contributed by atoms with E-state index in [1.807, 2.05) is 6.92 Å². The highest BCUT2D eigenvalue weighted by atomic mass is 32.1. The molecular weight excluding hydrogens is 225 g/mol. The van der Waals surface area contributed by atoms with Gasteiger partial charge in [0.1, 0.15) is 5.82 Å². The molecule has 0 aliphatic carbocycles. The summed E-state index contributed by atoms with van der Waals surface area (Å²) in [6.07, 6.45) is 0.790. The summed E-state index contributed by atoms with van der Waals surface area (Å²) in [7, 11) is 0. The van der Waals surface area contributed by atoms with Gasteiger partial charge in [0.05, 0.1) is 15.6 Å². The van der Waals surface area contributed by atoms with Crippen molar-refractivity contribution in [2.75, 3.05) is 0 Å². The fourth-order valence-corrected chi connectivity index (χ4v) is 2.28. The zero-order valence-electron chi connectivity index (χ0n) is 8.95. The zero-order chi connectivity index (χ0) is 11.7. The highest BCUT2D eigenvalue weighted by Crippen LogP contribution is 2.27. The molecule has 0 amide bonds. The van der Waals surface area contributed by atoms with Crippen LogP contribution in [0.15, 0.2) is 18.2 Å². The third-order valence-corrected chi connectivity index (χ3v) is 3.19. The van der Waals surface area contributed by atoms with Crippen molar-refractivity contribution in [2.45, 2.75) is 13.8 Å². The lowest BCUT2D eigenvalue weighted by molar-refractivity contribution is 0.112. The molecule has 1 aromatic heterocycles. The van der Waals surface area contributed by atoms with Gasteiger partial charge in [0, 0.05) is 5.56 Å². The maximum atomic E-state index is 13.1. The van der Waals surface area contributed by atoms with Crippen LogP contribution < -0.4 is 0 Å². The van der Waals surface area contributed by atoms with Gasteiger partial charge in [0.15, 0.2) is 6.29 Å². The number of carbonyl (C=O) groups excluding carboxylic acids is 1. The largest absolute Gasteiger partial charge is 0.297 e. The highest BCUT2D eigenvalue weighted by molar-refractivity contribution is 7.13. The summed E-state index contributed by atoms with van der Waals surface area (Å²) in [5.41, 5.74) is 1.98. The van der Waals surface area contributed by atoms with Crippen LogP contribution in [0.4, 0.5) is 4.39 Å². The van der Waals surface area contributed by atoms with Gasteiger partial charge in [-0.3, -0.25) is 4.79 Å². The van der Waals surface area contributed by atoms with Crippen molar-refractivity contribution in [1.82, 2.24) is 4.98 Å². The first-order valence-electron chi connectivity index (χ1n) is 4.81. The number of halogens is 1. The summed E-state index contributed by atoms with van der Waals surface area (Å²) < 4.78 is 13.1. The Labute approximate surface area is 96.8 Å². The van der Waals surface area contributed by atoms with Crippen LogP contribution in [0.3, 0.4) is 0 Å². The lowest BCUT2D eigenvalue weighted by Crippen LogP contribution is -1.87. The number of aryl methyl sites for hydroxylation is 2. The van der Waals surface area contributed by atoms with Crippen LogP contribution in [0.1, 0.15) is 20.2 Å². The molecule has 82 valence electrons. The number of hydrogen-bond acceptors (Lipinski definition) is 3. The molecule has 0 aliphatic rings. The number of benzene rings is 1. The van der Waals surface area contributed by atoms with E-state index in [0.29, 0.717) is 16.1 Å². The molecule has 0 fully saturated rings. The Morgan fingerprint density at radius 1 is 1.38 bits per heavy atom. The topological polar surface area (TPSA) is 30.0 Å². The smallest absolute Gasteiger partial charge is 0.162 e. The van der Waals surface area contributed by atoms with E-state index < -0.39 is 0 Å². The Morgan fingerprint density at radius 2 is 2.12 bits per heavy atom. The molecule has 0 bridgehead atoms. The fraction of sp³-hybridized carbons (Fsp3) is 0.167. The van der Waals surface area contributed by atoms with Crippen LogP contribution in [0.5, 0.6) is 0 Å². The number of thiazole rings is 1. The van der Waals surface area contributed by atoms with Crippen LogP contribution in [0, 0.1) is 19.7 Å².